The van der Waals surface area contributed by atoms with Crippen LogP contribution in [-0.2, 0) is 9.53 Å². The van der Waals surface area contributed by atoms with E-state index in [1.54, 1.807) is 13.2 Å². The normalized spacial score (nSPS) is 15.6. The van der Waals surface area contributed by atoms with Crippen molar-refractivity contribution in [2.45, 2.75) is 12.5 Å². The van der Waals surface area contributed by atoms with Crippen LogP contribution in [0.15, 0.2) is 73.1 Å². The maximum Gasteiger partial charge on any atom is 0.246 e. The summed E-state index contributed by atoms with van der Waals surface area (Å²) in [5.74, 6) is 1.86. The number of rotatable bonds is 10. The number of nitrogen functional groups attached to an aromatic ring is 1. The summed E-state index contributed by atoms with van der Waals surface area (Å²) in [5, 5.41) is 5.65. The van der Waals surface area contributed by atoms with Gasteiger partial charge in [0.15, 0.2) is 5.65 Å². The van der Waals surface area contributed by atoms with Gasteiger partial charge in [-0.1, -0.05) is 24.3 Å². The van der Waals surface area contributed by atoms with E-state index < -0.39 is 0 Å². The highest BCUT2D eigenvalue weighted by Gasteiger charge is 2.30. The minimum Gasteiger partial charge on any atom is -0.457 e. The Morgan fingerprint density at radius 3 is 2.67 bits per heavy atom. The lowest BCUT2D eigenvalue weighted by atomic mass is 10.1. The zero-order valence-electron chi connectivity index (χ0n) is 22.2. The third kappa shape index (κ3) is 6.08. The van der Waals surface area contributed by atoms with E-state index in [4.69, 9.17) is 20.3 Å². The molecule has 0 spiro atoms. The van der Waals surface area contributed by atoms with Crippen molar-refractivity contribution < 1.29 is 14.3 Å². The molecule has 1 amide bonds. The second kappa shape index (κ2) is 12.1. The molecule has 1 saturated heterocycles. The van der Waals surface area contributed by atoms with Crippen molar-refractivity contribution in [2.75, 3.05) is 52.7 Å². The number of likely N-dealkylation sites (N-methyl/N-ethyl adjacent to an activating group) is 1. The van der Waals surface area contributed by atoms with Gasteiger partial charge in [0.1, 0.15) is 29.3 Å². The number of nitrogens with zero attached hydrogens (tertiary/aromatic N) is 6. The molecule has 0 radical (unpaired) electrons. The SMILES string of the molecule is COCCN(C)C/C=C/C(=O)N1CCC(n2nc(-c3ccc(Oc4ccccc4)cc3)c3c(N)ncnc32)C1. The Labute approximate surface area is 227 Å². The van der Waals surface area contributed by atoms with Crippen LogP contribution in [0.5, 0.6) is 11.5 Å². The number of ether oxygens (including phenoxy) is 2. The zero-order valence-corrected chi connectivity index (χ0v) is 22.2. The number of carbonyl (C=O) groups is 1. The van der Waals surface area contributed by atoms with Gasteiger partial charge in [0, 0.05) is 44.9 Å². The Kier molecular flexibility index (Phi) is 8.14. The van der Waals surface area contributed by atoms with Crippen LogP contribution in [0.25, 0.3) is 22.3 Å². The van der Waals surface area contributed by atoms with Gasteiger partial charge >= 0.3 is 0 Å². The number of para-hydroxylation sites is 1. The average Bonchev–Trinajstić information content (AvgIpc) is 3.59. The van der Waals surface area contributed by atoms with Crippen LogP contribution in [0.4, 0.5) is 5.82 Å². The molecule has 2 N–H and O–H groups in total. The number of fused-ring (bicyclic) bond motifs is 1. The Morgan fingerprint density at radius 1 is 1.13 bits per heavy atom. The standard InChI is InChI=1S/C29H33N7O3/c1-34(17-18-38-2)15-6-9-25(37)35-16-14-22(19-35)36-29-26(28(30)31-20-32-29)27(33-36)21-10-12-24(13-11-21)39-23-7-4-3-5-8-23/h3-13,20,22H,14-19H2,1-2H3,(H2,30,31,32)/b9-6+. The van der Waals surface area contributed by atoms with Crippen LogP contribution in [0.2, 0.25) is 0 Å². The van der Waals surface area contributed by atoms with Gasteiger partial charge in [-0.2, -0.15) is 5.10 Å². The second-order valence-electron chi connectivity index (χ2n) is 9.57. The van der Waals surface area contributed by atoms with E-state index in [2.05, 4.69) is 14.9 Å². The highest BCUT2D eigenvalue weighted by atomic mass is 16.5. The molecule has 1 fully saturated rings. The van der Waals surface area contributed by atoms with E-state index in [0.29, 0.717) is 48.8 Å². The maximum atomic E-state index is 12.8. The highest BCUT2D eigenvalue weighted by molar-refractivity contribution is 5.98. The minimum atomic E-state index is -0.0158. The molecule has 3 heterocycles. The predicted molar refractivity (Wildman–Crippen MR) is 150 cm³/mol. The van der Waals surface area contributed by atoms with Gasteiger partial charge in [-0.3, -0.25) is 4.79 Å². The van der Waals surface area contributed by atoms with Crippen LogP contribution in [0.3, 0.4) is 0 Å². The Balaban J connectivity index is 1.32. The summed E-state index contributed by atoms with van der Waals surface area (Å²) in [4.78, 5) is 25.5. The predicted octanol–water partition coefficient (Wildman–Crippen LogP) is 3.78. The van der Waals surface area contributed by atoms with Crippen molar-refractivity contribution in [2.24, 2.45) is 0 Å². The number of carbonyl (C=O) groups excluding carboxylic acids is 1. The van der Waals surface area contributed by atoms with Crippen LogP contribution >= 0.6 is 0 Å². The number of methoxy groups -OCH3 is 1. The van der Waals surface area contributed by atoms with E-state index >= 15 is 0 Å². The van der Waals surface area contributed by atoms with Crippen LogP contribution < -0.4 is 10.5 Å². The molecule has 0 bridgehead atoms. The lowest BCUT2D eigenvalue weighted by Crippen LogP contribution is -2.28. The monoisotopic (exact) mass is 527 g/mol. The third-order valence-corrected chi connectivity index (χ3v) is 6.80. The molecule has 5 rings (SSSR count). The first kappa shape index (κ1) is 26.3. The fourth-order valence-corrected chi connectivity index (χ4v) is 4.68. The number of hydrogen-bond donors (Lipinski definition) is 1. The summed E-state index contributed by atoms with van der Waals surface area (Å²) < 4.78 is 12.9. The Bertz CT molecular complexity index is 1440. The third-order valence-electron chi connectivity index (χ3n) is 6.80. The number of hydrogen-bond acceptors (Lipinski definition) is 8. The molecule has 1 atom stereocenters. The molecule has 10 heteroatoms. The summed E-state index contributed by atoms with van der Waals surface area (Å²) in [6, 6.07) is 17.3. The second-order valence-corrected chi connectivity index (χ2v) is 9.57. The van der Waals surface area contributed by atoms with E-state index in [1.165, 1.54) is 6.33 Å². The molecule has 4 aromatic rings. The lowest BCUT2D eigenvalue weighted by Gasteiger charge is -2.16. The fraction of sp³-hybridized carbons (Fsp3) is 0.310. The number of amides is 1. The minimum absolute atomic E-state index is 0.00234. The van der Waals surface area contributed by atoms with Crippen molar-refractivity contribution in [3.63, 3.8) is 0 Å². The molecule has 2 aromatic carbocycles. The topological polar surface area (TPSA) is 112 Å². The molecule has 202 valence electrons. The number of benzene rings is 2. The zero-order chi connectivity index (χ0) is 27.2. The largest absolute Gasteiger partial charge is 0.457 e. The van der Waals surface area contributed by atoms with Crippen LogP contribution in [0, 0.1) is 0 Å². The van der Waals surface area contributed by atoms with Gasteiger partial charge in [0.05, 0.1) is 18.0 Å². The van der Waals surface area contributed by atoms with Gasteiger partial charge < -0.3 is 25.0 Å². The van der Waals surface area contributed by atoms with Crippen molar-refractivity contribution in [1.29, 1.82) is 0 Å². The molecular formula is C29H33N7O3. The first-order valence-corrected chi connectivity index (χ1v) is 13.0. The molecule has 0 saturated carbocycles. The van der Waals surface area contributed by atoms with Crippen molar-refractivity contribution >= 4 is 22.8 Å². The molecule has 10 nitrogen and oxygen atoms in total. The summed E-state index contributed by atoms with van der Waals surface area (Å²) in [7, 11) is 3.68. The van der Waals surface area contributed by atoms with Gasteiger partial charge in [-0.25, -0.2) is 14.6 Å². The van der Waals surface area contributed by atoms with Crippen LogP contribution in [0.1, 0.15) is 12.5 Å². The number of anilines is 1. The summed E-state index contributed by atoms with van der Waals surface area (Å²) in [6.45, 7) is 3.35. The average molecular weight is 528 g/mol. The molecular weight excluding hydrogens is 494 g/mol. The van der Waals surface area contributed by atoms with Crippen molar-refractivity contribution in [3.05, 3.63) is 73.1 Å². The Morgan fingerprint density at radius 2 is 1.90 bits per heavy atom. The number of aromatic nitrogens is 4. The van der Waals surface area contributed by atoms with E-state index in [0.717, 1.165) is 30.0 Å². The van der Waals surface area contributed by atoms with E-state index in [-0.39, 0.29) is 11.9 Å². The molecule has 0 aliphatic carbocycles. The lowest BCUT2D eigenvalue weighted by molar-refractivity contribution is -0.125. The van der Waals surface area contributed by atoms with E-state index in [1.807, 2.05) is 77.3 Å². The Hall–Kier alpha value is -4.28. The van der Waals surface area contributed by atoms with Crippen molar-refractivity contribution in [1.82, 2.24) is 29.5 Å². The molecule has 1 aliphatic heterocycles. The molecule has 39 heavy (non-hydrogen) atoms. The van der Waals surface area contributed by atoms with Crippen molar-refractivity contribution in [3.8, 4) is 22.8 Å². The number of likely N-dealkylation sites (tertiary alicyclic amines) is 1. The summed E-state index contributed by atoms with van der Waals surface area (Å²) in [6.07, 6.45) is 5.78. The first-order chi connectivity index (χ1) is 19.0. The van der Waals surface area contributed by atoms with E-state index in [9.17, 15) is 4.79 Å². The quantitative estimate of drug-likeness (QED) is 0.310. The highest BCUT2D eigenvalue weighted by Crippen LogP contribution is 2.35. The van der Waals surface area contributed by atoms with Gasteiger partial charge in [-0.15, -0.1) is 0 Å². The summed E-state index contributed by atoms with van der Waals surface area (Å²) >= 11 is 0. The van der Waals surface area contributed by atoms with Gasteiger partial charge in [0.25, 0.3) is 0 Å². The molecule has 2 aromatic heterocycles. The fourth-order valence-electron chi connectivity index (χ4n) is 4.68. The smallest absolute Gasteiger partial charge is 0.246 e. The van der Waals surface area contributed by atoms with Crippen LogP contribution in [-0.4, -0.2) is 82.4 Å². The first-order valence-electron chi connectivity index (χ1n) is 13.0. The maximum absolute atomic E-state index is 12.8. The van der Waals surface area contributed by atoms with Gasteiger partial charge in [-0.05, 0) is 49.9 Å². The number of nitrogens with two attached hydrogens (primary N) is 1. The summed E-state index contributed by atoms with van der Waals surface area (Å²) in [5.41, 5.74) is 8.56. The molecule has 1 unspecified atom stereocenters. The molecule has 1 aliphatic rings. The van der Waals surface area contributed by atoms with Gasteiger partial charge in [0.2, 0.25) is 5.91 Å².